The summed E-state index contributed by atoms with van der Waals surface area (Å²) >= 11 is 0. The Morgan fingerprint density at radius 3 is 1.43 bits per heavy atom. The molecule has 0 aliphatic rings. The van der Waals surface area contributed by atoms with E-state index in [1.807, 2.05) is 0 Å². The number of hydrogen-bond donors (Lipinski definition) is 7. The first kappa shape index (κ1) is 26.1. The lowest BCUT2D eigenvalue weighted by Gasteiger charge is -2.21. The van der Waals surface area contributed by atoms with Crippen LogP contribution in [0.25, 0.3) is 0 Å². The molecule has 19 heteroatoms. The average molecular weight is 471 g/mol. The molecule has 0 heterocycles. The van der Waals surface area contributed by atoms with Gasteiger partial charge >= 0.3 is 5.97 Å². The normalized spacial score (nSPS) is 15.9. The van der Waals surface area contributed by atoms with Crippen molar-refractivity contribution in [2.24, 2.45) is 5.73 Å². The Balaban J connectivity index is 5.51. The van der Waals surface area contributed by atoms with Crippen LogP contribution in [0, 0.1) is 0 Å². The fourth-order valence-corrected chi connectivity index (χ4v) is 3.54. The largest absolute Gasteiger partial charge is 0.480 e. The molecule has 0 aliphatic heterocycles. The average Bonchev–Trinajstić information content (AvgIpc) is 2.40. The second kappa shape index (κ2) is 9.54. The number of hydrogen-bond acceptors (Lipinski definition) is 10. The van der Waals surface area contributed by atoms with Crippen LogP contribution in [0.3, 0.4) is 0 Å². The van der Waals surface area contributed by atoms with Gasteiger partial charge in [0.05, 0.1) is 5.75 Å². The zero-order valence-electron chi connectivity index (χ0n) is 13.6. The maximum Gasteiger partial charge on any atom is 0.327 e. The van der Waals surface area contributed by atoms with Crippen molar-refractivity contribution in [1.29, 1.82) is 0 Å². The highest BCUT2D eigenvalue weighted by atomic mass is 32.2. The number of carboxylic acid groups (broad SMARTS) is 1. The molecule has 0 unspecified atom stereocenters. The van der Waals surface area contributed by atoms with Crippen molar-refractivity contribution >= 4 is 48.1 Å². The smallest absolute Gasteiger partial charge is 0.327 e. The number of amides is 2. The maximum atomic E-state index is 12.0. The highest BCUT2D eigenvalue weighted by Gasteiger charge is 2.33. The maximum absolute atomic E-state index is 12.0. The van der Waals surface area contributed by atoms with Gasteiger partial charge in [-0.25, -0.2) is 4.79 Å². The van der Waals surface area contributed by atoms with Gasteiger partial charge in [0.2, 0.25) is 11.8 Å². The first-order chi connectivity index (χ1) is 12.3. The van der Waals surface area contributed by atoms with Gasteiger partial charge in [-0.15, -0.1) is 0 Å². The monoisotopic (exact) mass is 471 g/mol. The quantitative estimate of drug-likeness (QED) is 0.139. The van der Waals surface area contributed by atoms with Gasteiger partial charge in [-0.2, -0.15) is 25.3 Å². The fraction of sp³-hybridized carbons (Fsp3) is 0.667. The first-order valence-electron chi connectivity index (χ1n) is 6.75. The molecular weight excluding hydrogens is 454 g/mol. The van der Waals surface area contributed by atoms with Crippen molar-refractivity contribution in [2.75, 3.05) is 17.3 Å². The second-order valence-electron chi connectivity index (χ2n) is 5.31. The summed E-state index contributed by atoms with van der Waals surface area (Å²) in [5.41, 5.74) is 5.15. The van der Waals surface area contributed by atoms with Crippen LogP contribution in [0.1, 0.15) is 0 Å². The molecule has 0 aliphatic carbocycles. The molecule has 0 bridgehead atoms. The molecule has 164 valence electrons. The zero-order chi connectivity index (χ0) is 22.5. The summed E-state index contributed by atoms with van der Waals surface area (Å²) in [4.78, 5) is 34.7. The highest BCUT2D eigenvalue weighted by molar-refractivity contribution is 7.86. The molecule has 0 saturated carbocycles. The van der Waals surface area contributed by atoms with Crippen LogP contribution in [-0.4, -0.2) is 97.2 Å². The Bertz CT molecular complexity index is 924. The van der Waals surface area contributed by atoms with Crippen LogP contribution in [0.2, 0.25) is 0 Å². The Morgan fingerprint density at radius 1 is 0.714 bits per heavy atom. The van der Waals surface area contributed by atoms with E-state index in [-0.39, 0.29) is 0 Å². The van der Waals surface area contributed by atoms with Gasteiger partial charge in [-0.05, 0) is 0 Å². The third kappa shape index (κ3) is 11.7. The summed E-state index contributed by atoms with van der Waals surface area (Å²) in [6, 6.07) is -6.49. The fourth-order valence-electron chi connectivity index (χ4n) is 1.63. The van der Waals surface area contributed by atoms with E-state index in [4.69, 9.17) is 24.5 Å². The molecule has 8 N–H and O–H groups in total. The Hall–Kier alpha value is -1.90. The molecule has 0 aromatic heterocycles. The number of carbonyl (C=O) groups is 3. The van der Waals surface area contributed by atoms with Crippen molar-refractivity contribution in [3.63, 3.8) is 0 Å². The summed E-state index contributed by atoms with van der Waals surface area (Å²) in [5.74, 6) is -9.42. The molecule has 0 aromatic rings. The number of carboxylic acids is 1. The van der Waals surface area contributed by atoms with Gasteiger partial charge in [0.1, 0.15) is 29.6 Å². The van der Waals surface area contributed by atoms with Crippen molar-refractivity contribution in [3.8, 4) is 0 Å². The van der Waals surface area contributed by atoms with E-state index < -0.39 is 83.5 Å². The third-order valence-corrected chi connectivity index (χ3v) is 5.02. The number of carbonyl (C=O) groups excluding carboxylic acids is 2. The Kier molecular flexibility index (Phi) is 8.89. The van der Waals surface area contributed by atoms with E-state index in [0.717, 1.165) is 0 Å². The third-order valence-electron chi connectivity index (χ3n) is 2.73. The van der Waals surface area contributed by atoms with Crippen LogP contribution < -0.4 is 16.4 Å². The molecule has 0 aromatic carbocycles. The zero-order valence-corrected chi connectivity index (χ0v) is 16.1. The lowest BCUT2D eigenvalue weighted by molar-refractivity contribution is -0.141. The molecule has 0 radical (unpaired) electrons. The predicted octanol–water partition coefficient (Wildman–Crippen LogP) is -4.97. The van der Waals surface area contributed by atoms with Gasteiger partial charge in [-0.1, -0.05) is 0 Å². The van der Waals surface area contributed by atoms with Crippen LogP contribution in [0.4, 0.5) is 0 Å². The lowest BCUT2D eigenvalue weighted by Crippen LogP contribution is -2.58. The standard InChI is InChI=1S/C9H17N3O13S3/c10-4(1-26(17,18)19)7(13)11-5(2-27(20,21)22)8(14)12-6(9(15)16)3-28(23,24)25/h4-6H,1-3,10H2,(H,11,13)(H,12,14)(H,15,16)(H,17,18,19)(H,20,21,22)(H,23,24,25)/t4-,5-,6-/m1/s1. The highest BCUT2D eigenvalue weighted by Crippen LogP contribution is 1.99. The van der Waals surface area contributed by atoms with Crippen molar-refractivity contribution < 1.29 is 58.4 Å². The summed E-state index contributed by atoms with van der Waals surface area (Å²) in [7, 11) is -14.6. The van der Waals surface area contributed by atoms with Gasteiger partial charge in [0.25, 0.3) is 30.4 Å². The lowest BCUT2D eigenvalue weighted by atomic mass is 10.2. The van der Waals surface area contributed by atoms with Crippen LogP contribution in [0.15, 0.2) is 0 Å². The number of aliphatic carboxylic acids is 1. The summed E-state index contributed by atoms with van der Waals surface area (Å²) < 4.78 is 90.9. The van der Waals surface area contributed by atoms with E-state index in [0.29, 0.717) is 0 Å². The van der Waals surface area contributed by atoms with Gasteiger partial charge in [0.15, 0.2) is 0 Å². The molecule has 0 spiro atoms. The molecule has 2 amide bonds. The Morgan fingerprint density at radius 2 is 1.07 bits per heavy atom. The van der Waals surface area contributed by atoms with Gasteiger partial charge in [0, 0.05) is 0 Å². The minimum absolute atomic E-state index is 1.32. The number of rotatable bonds is 11. The summed E-state index contributed by atoms with van der Waals surface area (Å²) in [6.45, 7) is 0. The number of nitrogens with two attached hydrogens (primary N) is 1. The predicted molar refractivity (Wildman–Crippen MR) is 88.7 cm³/mol. The second-order valence-corrected chi connectivity index (χ2v) is 9.80. The van der Waals surface area contributed by atoms with E-state index in [1.54, 1.807) is 5.32 Å². The molecule has 0 saturated heterocycles. The van der Waals surface area contributed by atoms with Crippen LogP contribution >= 0.6 is 0 Å². The molecule has 0 fully saturated rings. The molecule has 16 nitrogen and oxygen atoms in total. The van der Waals surface area contributed by atoms with E-state index in [1.165, 1.54) is 5.32 Å². The SMILES string of the molecule is N[C@H](CS(=O)(=O)O)C(=O)N[C@H](CS(=O)(=O)O)C(=O)N[C@H](CS(=O)(=O)O)C(=O)O. The first-order valence-corrected chi connectivity index (χ1v) is 11.6. The number of nitrogens with one attached hydrogen (secondary N) is 2. The van der Waals surface area contributed by atoms with Crippen LogP contribution in [0.5, 0.6) is 0 Å². The van der Waals surface area contributed by atoms with Crippen LogP contribution in [-0.2, 0) is 44.7 Å². The van der Waals surface area contributed by atoms with E-state index in [2.05, 4.69) is 0 Å². The molecule has 28 heavy (non-hydrogen) atoms. The van der Waals surface area contributed by atoms with Crippen molar-refractivity contribution in [3.05, 3.63) is 0 Å². The molecule has 3 atom stereocenters. The Labute approximate surface area is 158 Å². The van der Waals surface area contributed by atoms with Crippen molar-refractivity contribution in [1.82, 2.24) is 10.6 Å². The minimum Gasteiger partial charge on any atom is -0.480 e. The van der Waals surface area contributed by atoms with Crippen molar-refractivity contribution in [2.45, 2.75) is 18.1 Å². The summed E-state index contributed by atoms with van der Waals surface area (Å²) in [6.07, 6.45) is 0. The van der Waals surface area contributed by atoms with E-state index in [9.17, 15) is 39.6 Å². The molecule has 0 rings (SSSR count). The minimum atomic E-state index is -4.97. The van der Waals surface area contributed by atoms with Gasteiger partial charge < -0.3 is 21.5 Å². The molecular formula is C9H17N3O13S3. The summed E-state index contributed by atoms with van der Waals surface area (Å²) in [5, 5.41) is 12.0. The van der Waals surface area contributed by atoms with E-state index >= 15 is 0 Å². The topological polar surface area (TPSA) is 285 Å². The van der Waals surface area contributed by atoms with Gasteiger partial charge in [-0.3, -0.25) is 23.2 Å².